The molecular formula is C15H15N3O3. The number of hydrogen-bond acceptors (Lipinski definition) is 4. The first kappa shape index (κ1) is 13.4. The number of hydrogen-bond donors (Lipinski definition) is 0. The van der Waals surface area contributed by atoms with E-state index in [0.29, 0.717) is 30.2 Å². The summed E-state index contributed by atoms with van der Waals surface area (Å²) < 4.78 is 7.09. The van der Waals surface area contributed by atoms with Gasteiger partial charge in [-0.3, -0.25) is 14.3 Å². The molecule has 6 heteroatoms. The van der Waals surface area contributed by atoms with Gasteiger partial charge in [0.2, 0.25) is 0 Å². The Morgan fingerprint density at radius 1 is 1.38 bits per heavy atom. The number of carbonyl (C=O) groups is 2. The molecule has 0 spiro atoms. The number of fused-ring (bicyclic) bond motifs is 1. The van der Waals surface area contributed by atoms with Gasteiger partial charge in [0.25, 0.3) is 5.91 Å². The molecule has 1 aromatic carbocycles. The van der Waals surface area contributed by atoms with E-state index in [4.69, 9.17) is 4.74 Å². The van der Waals surface area contributed by atoms with E-state index in [1.807, 2.05) is 6.92 Å². The Morgan fingerprint density at radius 2 is 2.19 bits per heavy atom. The number of amides is 1. The van der Waals surface area contributed by atoms with Crippen molar-refractivity contribution in [1.29, 1.82) is 0 Å². The fraction of sp³-hybridized carbons (Fsp3) is 0.267. The van der Waals surface area contributed by atoms with Crippen LogP contribution in [0.1, 0.15) is 26.4 Å². The van der Waals surface area contributed by atoms with Gasteiger partial charge in [-0.1, -0.05) is 0 Å². The van der Waals surface area contributed by atoms with Crippen LogP contribution in [-0.2, 0) is 7.05 Å². The highest BCUT2D eigenvalue weighted by atomic mass is 16.5. The fourth-order valence-electron chi connectivity index (χ4n) is 2.53. The second-order valence-corrected chi connectivity index (χ2v) is 4.95. The second-order valence-electron chi connectivity index (χ2n) is 4.95. The van der Waals surface area contributed by atoms with Gasteiger partial charge >= 0.3 is 0 Å². The third-order valence-corrected chi connectivity index (χ3v) is 3.57. The number of benzene rings is 1. The van der Waals surface area contributed by atoms with Crippen molar-refractivity contribution in [3.8, 4) is 5.75 Å². The Hall–Kier alpha value is -2.63. The predicted octanol–water partition coefficient (Wildman–Crippen LogP) is 1.58. The minimum absolute atomic E-state index is 0.149. The Kier molecular flexibility index (Phi) is 3.21. The van der Waals surface area contributed by atoms with Crippen molar-refractivity contribution in [2.75, 3.05) is 18.1 Å². The maximum absolute atomic E-state index is 12.7. The van der Waals surface area contributed by atoms with Gasteiger partial charge in [-0.25, -0.2) is 0 Å². The lowest BCUT2D eigenvalue weighted by molar-refractivity contribution is 0.0980. The van der Waals surface area contributed by atoms with Crippen LogP contribution in [0.5, 0.6) is 5.75 Å². The molecule has 0 N–H and O–H groups in total. The molecule has 3 rings (SSSR count). The van der Waals surface area contributed by atoms with Gasteiger partial charge in [0.15, 0.2) is 11.4 Å². The Bertz CT molecular complexity index is 721. The zero-order valence-electron chi connectivity index (χ0n) is 11.9. The Balaban J connectivity index is 2.05. The number of aromatic nitrogens is 2. The molecule has 0 aliphatic carbocycles. The van der Waals surface area contributed by atoms with Crippen LogP contribution in [0.25, 0.3) is 0 Å². The summed E-state index contributed by atoms with van der Waals surface area (Å²) in [6, 6.07) is 5.27. The number of nitrogens with zero attached hydrogens (tertiary/aromatic N) is 3. The van der Waals surface area contributed by atoms with Crippen LogP contribution in [0.15, 0.2) is 24.4 Å². The van der Waals surface area contributed by atoms with E-state index in [1.54, 1.807) is 36.3 Å². The molecule has 1 aliphatic rings. The third-order valence-electron chi connectivity index (χ3n) is 3.57. The van der Waals surface area contributed by atoms with Crippen LogP contribution in [-0.4, -0.2) is 35.1 Å². The number of rotatable bonds is 2. The minimum Gasteiger partial charge on any atom is -0.488 e. The maximum Gasteiger partial charge on any atom is 0.280 e. The summed E-state index contributed by atoms with van der Waals surface area (Å²) in [5.74, 6) is 0.358. The topological polar surface area (TPSA) is 64.4 Å². The van der Waals surface area contributed by atoms with E-state index >= 15 is 0 Å². The van der Waals surface area contributed by atoms with E-state index in [1.165, 1.54) is 4.68 Å². The zero-order valence-corrected chi connectivity index (χ0v) is 11.9. The van der Waals surface area contributed by atoms with Crippen molar-refractivity contribution in [2.24, 2.45) is 7.05 Å². The lowest BCUT2D eigenvalue weighted by Crippen LogP contribution is -2.34. The Labute approximate surface area is 121 Å². The molecule has 1 aromatic heterocycles. The van der Waals surface area contributed by atoms with Gasteiger partial charge in [0.05, 0.1) is 12.7 Å². The molecule has 2 heterocycles. The van der Waals surface area contributed by atoms with Crippen LogP contribution in [0.2, 0.25) is 0 Å². The molecule has 0 radical (unpaired) electrons. The molecule has 21 heavy (non-hydrogen) atoms. The van der Waals surface area contributed by atoms with Gasteiger partial charge in [0.1, 0.15) is 12.9 Å². The summed E-state index contributed by atoms with van der Waals surface area (Å²) in [5.41, 5.74) is 2.68. The van der Waals surface area contributed by atoms with Crippen molar-refractivity contribution in [3.63, 3.8) is 0 Å². The first-order valence-electron chi connectivity index (χ1n) is 6.64. The molecule has 0 saturated carbocycles. The summed E-state index contributed by atoms with van der Waals surface area (Å²) >= 11 is 0. The molecule has 0 bridgehead atoms. The number of anilines is 1. The smallest absolute Gasteiger partial charge is 0.280 e. The molecular weight excluding hydrogens is 270 g/mol. The number of aryl methyl sites for hydroxylation is 2. The first-order chi connectivity index (χ1) is 10.1. The van der Waals surface area contributed by atoms with E-state index in [-0.39, 0.29) is 5.91 Å². The van der Waals surface area contributed by atoms with Crippen LogP contribution in [0.3, 0.4) is 0 Å². The highest BCUT2D eigenvalue weighted by Crippen LogP contribution is 2.28. The quantitative estimate of drug-likeness (QED) is 0.786. The molecule has 1 aliphatic heterocycles. The fourth-order valence-corrected chi connectivity index (χ4v) is 2.53. The van der Waals surface area contributed by atoms with Crippen LogP contribution < -0.4 is 9.64 Å². The predicted molar refractivity (Wildman–Crippen MR) is 76.9 cm³/mol. The maximum atomic E-state index is 12.7. The number of ether oxygens (including phenoxy) is 1. The summed E-state index contributed by atoms with van der Waals surface area (Å²) in [4.78, 5) is 25.2. The Morgan fingerprint density at radius 3 is 2.90 bits per heavy atom. The van der Waals surface area contributed by atoms with Crippen LogP contribution in [0.4, 0.5) is 5.69 Å². The lowest BCUT2D eigenvalue weighted by Gasteiger charge is -2.22. The number of carbonyl (C=O) groups excluding carboxylic acids is 2. The molecule has 0 unspecified atom stereocenters. The van der Waals surface area contributed by atoms with Gasteiger partial charge in [-0.15, -0.1) is 0 Å². The zero-order chi connectivity index (χ0) is 15.0. The first-order valence-corrected chi connectivity index (χ1v) is 6.64. The molecule has 0 saturated heterocycles. The van der Waals surface area contributed by atoms with E-state index in [0.717, 1.165) is 17.5 Å². The van der Waals surface area contributed by atoms with Crippen LogP contribution >= 0.6 is 0 Å². The normalized spacial score (nSPS) is 14.4. The molecule has 2 aromatic rings. The van der Waals surface area contributed by atoms with Crippen molar-refractivity contribution >= 4 is 17.9 Å². The van der Waals surface area contributed by atoms with Gasteiger partial charge in [-0.05, 0) is 30.7 Å². The molecule has 108 valence electrons. The second kappa shape index (κ2) is 5.05. The minimum atomic E-state index is -0.149. The van der Waals surface area contributed by atoms with E-state index < -0.39 is 0 Å². The summed E-state index contributed by atoms with van der Waals surface area (Å²) in [6.45, 7) is 2.74. The third kappa shape index (κ3) is 2.18. The van der Waals surface area contributed by atoms with Crippen molar-refractivity contribution in [1.82, 2.24) is 9.78 Å². The van der Waals surface area contributed by atoms with Crippen molar-refractivity contribution in [3.05, 3.63) is 41.2 Å². The SMILES string of the molecule is Cc1cc(C=O)ccc1N1CCOc2cnn(C)c2C1=O. The average molecular weight is 285 g/mol. The molecule has 0 fully saturated rings. The van der Waals surface area contributed by atoms with Gasteiger partial charge < -0.3 is 9.64 Å². The van der Waals surface area contributed by atoms with Crippen LogP contribution in [0, 0.1) is 6.92 Å². The molecule has 6 nitrogen and oxygen atoms in total. The average Bonchev–Trinajstić information content (AvgIpc) is 2.75. The van der Waals surface area contributed by atoms with Crippen molar-refractivity contribution < 1.29 is 14.3 Å². The molecule has 0 atom stereocenters. The standard InChI is InChI=1S/C15H15N3O3/c1-10-7-11(9-19)3-4-12(10)18-5-6-21-13-8-16-17(2)14(13)15(18)20/h3-4,7-9H,5-6H2,1-2H3. The van der Waals surface area contributed by atoms with E-state index in [2.05, 4.69) is 5.10 Å². The summed E-state index contributed by atoms with van der Waals surface area (Å²) in [5, 5.41) is 4.07. The van der Waals surface area contributed by atoms with Gasteiger partial charge in [-0.2, -0.15) is 5.10 Å². The van der Waals surface area contributed by atoms with Crippen molar-refractivity contribution in [2.45, 2.75) is 6.92 Å². The monoisotopic (exact) mass is 285 g/mol. The van der Waals surface area contributed by atoms with Gasteiger partial charge in [0, 0.05) is 18.3 Å². The summed E-state index contributed by atoms with van der Waals surface area (Å²) in [6.07, 6.45) is 2.35. The largest absolute Gasteiger partial charge is 0.488 e. The lowest BCUT2D eigenvalue weighted by atomic mass is 10.1. The van der Waals surface area contributed by atoms with E-state index in [9.17, 15) is 9.59 Å². The highest BCUT2D eigenvalue weighted by Gasteiger charge is 2.28. The molecule has 1 amide bonds. The highest BCUT2D eigenvalue weighted by molar-refractivity contribution is 6.07. The number of aldehydes is 1. The summed E-state index contributed by atoms with van der Waals surface area (Å²) in [7, 11) is 1.71.